The Morgan fingerprint density at radius 3 is 2.21 bits per heavy atom. The molecule has 0 spiro atoms. The molecule has 0 aliphatic rings. The van der Waals surface area contributed by atoms with Crippen LogP contribution in [-0.2, 0) is 0 Å². The second-order valence-electron chi connectivity index (χ2n) is 6.04. The van der Waals surface area contributed by atoms with Gasteiger partial charge in [0.25, 0.3) is 8.32 Å². The summed E-state index contributed by atoms with van der Waals surface area (Å²) in [4.78, 5) is 0. The summed E-state index contributed by atoms with van der Waals surface area (Å²) in [5.41, 5.74) is -0.192. The van der Waals surface area contributed by atoms with E-state index in [0.717, 1.165) is 0 Å². The topological polar surface area (TPSA) is 49.7 Å². The van der Waals surface area contributed by atoms with Crippen molar-refractivity contribution in [3.05, 3.63) is 22.4 Å². The molecule has 1 aromatic rings. The summed E-state index contributed by atoms with van der Waals surface area (Å²) in [6.07, 6.45) is 0. The van der Waals surface area contributed by atoms with E-state index in [2.05, 4.69) is 36.7 Å². The Hall–Kier alpha value is -0.368. The molecular weight excluding hydrogens is 330 g/mol. The molecule has 7 heteroatoms. The second kappa shape index (κ2) is 5.55. The first-order valence-corrected chi connectivity index (χ1v) is 9.70. The van der Waals surface area contributed by atoms with Crippen molar-refractivity contribution in [2.45, 2.75) is 38.9 Å². The summed E-state index contributed by atoms with van der Waals surface area (Å²) in [5.74, 6) is -0.660. The molecule has 0 saturated carbocycles. The van der Waals surface area contributed by atoms with Crippen molar-refractivity contribution in [1.82, 2.24) is 0 Å². The number of hydrogen-bond acceptors (Lipinski definition) is 3. The van der Waals surface area contributed by atoms with E-state index in [0.29, 0.717) is 4.47 Å². The van der Waals surface area contributed by atoms with Gasteiger partial charge in [-0.1, -0.05) is 36.7 Å². The summed E-state index contributed by atoms with van der Waals surface area (Å²) in [5, 5.41) is 18.3. The van der Waals surface area contributed by atoms with E-state index in [1.54, 1.807) is 0 Å². The maximum absolute atomic E-state index is 14.2. The number of halogens is 2. The van der Waals surface area contributed by atoms with Gasteiger partial charge >= 0.3 is 7.12 Å². The Kier molecular flexibility index (Phi) is 4.88. The third kappa shape index (κ3) is 3.81. The minimum Gasteiger partial charge on any atom is -0.542 e. The molecule has 0 amide bonds. The molecule has 0 unspecified atom stereocenters. The molecule has 0 aliphatic heterocycles. The first kappa shape index (κ1) is 16.7. The van der Waals surface area contributed by atoms with Crippen LogP contribution in [0.1, 0.15) is 20.8 Å². The third-order valence-corrected chi connectivity index (χ3v) is 8.28. The quantitative estimate of drug-likeness (QED) is 0.825. The lowest BCUT2D eigenvalue weighted by atomic mass is 9.80. The van der Waals surface area contributed by atoms with Crippen molar-refractivity contribution < 1.29 is 18.9 Å². The largest absolute Gasteiger partial charge is 0.542 e. The highest BCUT2D eigenvalue weighted by Gasteiger charge is 2.40. The van der Waals surface area contributed by atoms with Crippen LogP contribution in [0.15, 0.2) is 16.6 Å². The maximum Gasteiger partial charge on any atom is 0.491 e. The number of benzene rings is 1. The van der Waals surface area contributed by atoms with Gasteiger partial charge in [0.15, 0.2) is 5.82 Å². The summed E-state index contributed by atoms with van der Waals surface area (Å²) in [6.45, 7) is 10.2. The molecule has 0 radical (unpaired) electrons. The number of rotatable bonds is 3. The summed E-state index contributed by atoms with van der Waals surface area (Å²) < 4.78 is 20.6. The third-order valence-electron chi connectivity index (χ3n) is 3.48. The van der Waals surface area contributed by atoms with Crippen molar-refractivity contribution in [3.8, 4) is 5.75 Å². The molecule has 0 atom stereocenters. The van der Waals surface area contributed by atoms with Crippen LogP contribution < -0.4 is 9.89 Å². The van der Waals surface area contributed by atoms with Crippen LogP contribution in [-0.4, -0.2) is 25.5 Å². The monoisotopic (exact) mass is 348 g/mol. The van der Waals surface area contributed by atoms with Crippen LogP contribution in [0, 0.1) is 5.82 Å². The van der Waals surface area contributed by atoms with Crippen LogP contribution >= 0.6 is 15.9 Å². The van der Waals surface area contributed by atoms with Gasteiger partial charge in [-0.3, -0.25) is 0 Å². The predicted octanol–water partition coefficient (Wildman–Crippen LogP) is 2.65. The molecule has 3 nitrogen and oxygen atoms in total. The molecule has 2 N–H and O–H groups in total. The molecule has 0 heterocycles. The average molecular weight is 349 g/mol. The molecule has 0 saturated heterocycles. The predicted molar refractivity (Wildman–Crippen MR) is 81.8 cm³/mol. The van der Waals surface area contributed by atoms with Gasteiger partial charge in [0.2, 0.25) is 0 Å². The highest BCUT2D eigenvalue weighted by molar-refractivity contribution is 9.10. The fraction of sp³-hybridized carbons (Fsp3) is 0.500. The van der Waals surface area contributed by atoms with Crippen LogP contribution in [0.5, 0.6) is 5.75 Å². The molecular formula is C12H19BBrFO3Si. The minimum absolute atomic E-state index is 0.0593. The first-order valence-electron chi connectivity index (χ1n) is 6.00. The molecule has 0 bridgehead atoms. The Labute approximate surface area is 123 Å². The standard InChI is InChI=1S/C12H19BBrFO3Si/c1-12(2,3)19(4,5)18-10-7-8(14)6-9(11(10)15)13(16)17/h6-7,16-17H,1-5H3. The Bertz CT molecular complexity index is 475. The molecule has 1 rings (SSSR count). The molecule has 0 aromatic heterocycles. The average Bonchev–Trinajstić information content (AvgIpc) is 2.20. The van der Waals surface area contributed by atoms with Crippen molar-refractivity contribution in [1.29, 1.82) is 0 Å². The normalized spacial score (nSPS) is 12.5. The van der Waals surface area contributed by atoms with E-state index in [1.165, 1.54) is 12.1 Å². The van der Waals surface area contributed by atoms with E-state index < -0.39 is 21.3 Å². The maximum atomic E-state index is 14.2. The van der Waals surface area contributed by atoms with Gasteiger partial charge in [0.1, 0.15) is 5.75 Å². The van der Waals surface area contributed by atoms with Crippen molar-refractivity contribution >= 4 is 36.8 Å². The zero-order chi connectivity index (χ0) is 15.0. The minimum atomic E-state index is -2.18. The lowest BCUT2D eigenvalue weighted by molar-refractivity contribution is 0.418. The van der Waals surface area contributed by atoms with Crippen molar-refractivity contribution in [2.24, 2.45) is 0 Å². The zero-order valence-corrected chi connectivity index (χ0v) is 14.4. The van der Waals surface area contributed by atoms with E-state index in [1.807, 2.05) is 13.1 Å². The van der Waals surface area contributed by atoms with E-state index >= 15 is 0 Å². The van der Waals surface area contributed by atoms with Crippen LogP contribution in [0.2, 0.25) is 18.1 Å². The van der Waals surface area contributed by atoms with Gasteiger partial charge in [-0.2, -0.15) is 0 Å². The second-order valence-corrected chi connectivity index (χ2v) is 11.7. The van der Waals surface area contributed by atoms with E-state index in [9.17, 15) is 4.39 Å². The van der Waals surface area contributed by atoms with Crippen molar-refractivity contribution in [2.75, 3.05) is 0 Å². The summed E-state index contributed by atoms with van der Waals surface area (Å²) in [6, 6.07) is 2.85. The number of hydrogen-bond donors (Lipinski definition) is 2. The van der Waals surface area contributed by atoms with Gasteiger partial charge in [-0.15, -0.1) is 0 Å². The summed E-state index contributed by atoms with van der Waals surface area (Å²) >= 11 is 3.22. The molecule has 0 fully saturated rings. The Morgan fingerprint density at radius 2 is 1.79 bits per heavy atom. The molecule has 19 heavy (non-hydrogen) atoms. The fourth-order valence-electron chi connectivity index (χ4n) is 1.27. The lowest BCUT2D eigenvalue weighted by Crippen LogP contribution is -2.44. The van der Waals surface area contributed by atoms with Gasteiger partial charge in [-0.25, -0.2) is 4.39 Å². The Morgan fingerprint density at radius 1 is 1.26 bits per heavy atom. The van der Waals surface area contributed by atoms with Gasteiger partial charge < -0.3 is 14.5 Å². The molecule has 106 valence electrons. The highest BCUT2D eigenvalue weighted by Crippen LogP contribution is 2.38. The summed E-state index contributed by atoms with van der Waals surface area (Å²) in [7, 11) is -4.04. The molecule has 1 aromatic carbocycles. The van der Waals surface area contributed by atoms with Crippen LogP contribution in [0.4, 0.5) is 4.39 Å². The SMILES string of the molecule is CC(C)(C)[Si](C)(C)Oc1cc(Br)cc(B(O)O)c1F. The van der Waals surface area contributed by atoms with Gasteiger partial charge in [-0.05, 0) is 30.3 Å². The van der Waals surface area contributed by atoms with E-state index in [4.69, 9.17) is 14.5 Å². The van der Waals surface area contributed by atoms with E-state index in [-0.39, 0.29) is 16.3 Å². The van der Waals surface area contributed by atoms with Gasteiger partial charge in [0.05, 0.1) is 0 Å². The first-order chi connectivity index (χ1) is 8.45. The molecule has 0 aliphatic carbocycles. The van der Waals surface area contributed by atoms with Gasteiger partial charge in [0, 0.05) is 9.94 Å². The zero-order valence-electron chi connectivity index (χ0n) is 11.8. The lowest BCUT2D eigenvalue weighted by Gasteiger charge is -2.36. The van der Waals surface area contributed by atoms with Crippen LogP contribution in [0.25, 0.3) is 0 Å². The fourth-order valence-corrected chi connectivity index (χ4v) is 2.73. The highest BCUT2D eigenvalue weighted by atomic mass is 79.9. The smallest absolute Gasteiger partial charge is 0.491 e. The van der Waals surface area contributed by atoms with Crippen molar-refractivity contribution in [3.63, 3.8) is 0 Å². The Balaban J connectivity index is 3.23. The van der Waals surface area contributed by atoms with Crippen LogP contribution in [0.3, 0.4) is 0 Å².